The second-order valence-corrected chi connectivity index (χ2v) is 7.45. The van der Waals surface area contributed by atoms with Gasteiger partial charge in [-0.05, 0) is 37.1 Å². The number of nitrogens with zero attached hydrogens (tertiary/aromatic N) is 6. The fourth-order valence-corrected chi connectivity index (χ4v) is 4.09. The molecule has 140 valence electrons. The molecule has 26 heavy (non-hydrogen) atoms. The molecule has 2 aliphatic rings. The Hall–Kier alpha value is -1.83. The highest BCUT2D eigenvalue weighted by Gasteiger charge is 2.36. The molecule has 0 unspecified atom stereocenters. The molecule has 4 rings (SSSR count). The van der Waals surface area contributed by atoms with E-state index in [1.807, 2.05) is 24.5 Å². The maximum atomic E-state index is 10.3. The van der Waals surface area contributed by atoms with Crippen molar-refractivity contribution in [3.05, 3.63) is 41.7 Å². The number of aliphatic hydroxyl groups excluding tert-OH is 1. The first-order chi connectivity index (χ1) is 12.7. The minimum Gasteiger partial charge on any atom is -0.392 e. The largest absolute Gasteiger partial charge is 0.392 e. The second kappa shape index (κ2) is 7.82. The van der Waals surface area contributed by atoms with Crippen LogP contribution in [0.4, 0.5) is 0 Å². The average Bonchev–Trinajstić information content (AvgIpc) is 3.23. The molecule has 7 heteroatoms. The smallest absolute Gasteiger partial charge is 0.150 e. The number of β-amino-alcohol motifs (C(OH)–C–C–N with tert-alkyl or cyclic N) is 1. The zero-order chi connectivity index (χ0) is 17.9. The summed E-state index contributed by atoms with van der Waals surface area (Å²) in [6.45, 7) is 7.72. The SMILES string of the molecule is CCCCN1CCn2c(nnc2[C@@H]2C[C@@H](O)CN2Cc2ccncc2)C1. The van der Waals surface area contributed by atoms with E-state index in [0.717, 1.165) is 50.8 Å². The summed E-state index contributed by atoms with van der Waals surface area (Å²) in [4.78, 5) is 8.88. The van der Waals surface area contributed by atoms with E-state index in [1.165, 1.54) is 18.4 Å². The number of aromatic nitrogens is 4. The van der Waals surface area contributed by atoms with Gasteiger partial charge in [0, 0.05) is 38.6 Å². The lowest BCUT2D eigenvalue weighted by Crippen LogP contribution is -2.36. The molecular weight excluding hydrogens is 328 g/mol. The van der Waals surface area contributed by atoms with E-state index >= 15 is 0 Å². The summed E-state index contributed by atoms with van der Waals surface area (Å²) in [6.07, 6.45) is 6.51. The predicted octanol–water partition coefficient (Wildman–Crippen LogP) is 1.60. The summed E-state index contributed by atoms with van der Waals surface area (Å²) < 4.78 is 2.28. The van der Waals surface area contributed by atoms with E-state index < -0.39 is 0 Å². The van der Waals surface area contributed by atoms with Gasteiger partial charge in [-0.25, -0.2) is 0 Å². The standard InChI is InChI=1S/C19H28N6O/c1-2-3-8-23-9-10-25-18(14-23)21-22-19(25)17-11-16(26)13-24(17)12-15-4-6-20-7-5-15/h4-7,16-17,26H,2-3,8-14H2,1H3/t16-,17+/m1/s1. The van der Waals surface area contributed by atoms with E-state index in [4.69, 9.17) is 0 Å². The number of rotatable bonds is 6. The molecule has 1 N–H and O–H groups in total. The van der Waals surface area contributed by atoms with Gasteiger partial charge in [0.1, 0.15) is 5.82 Å². The van der Waals surface area contributed by atoms with Crippen LogP contribution in [0.1, 0.15) is 49.4 Å². The fourth-order valence-electron chi connectivity index (χ4n) is 4.09. The third-order valence-corrected chi connectivity index (χ3v) is 5.50. The molecule has 0 spiro atoms. The first kappa shape index (κ1) is 17.6. The Morgan fingerprint density at radius 3 is 2.85 bits per heavy atom. The lowest BCUT2D eigenvalue weighted by molar-refractivity contribution is 0.171. The van der Waals surface area contributed by atoms with Crippen LogP contribution < -0.4 is 0 Å². The first-order valence-corrected chi connectivity index (χ1v) is 9.70. The molecular formula is C19H28N6O. The number of pyridine rings is 1. The highest BCUT2D eigenvalue weighted by molar-refractivity contribution is 5.13. The number of hydrogen-bond acceptors (Lipinski definition) is 6. The highest BCUT2D eigenvalue weighted by Crippen LogP contribution is 2.33. The lowest BCUT2D eigenvalue weighted by Gasteiger charge is -2.29. The maximum Gasteiger partial charge on any atom is 0.150 e. The van der Waals surface area contributed by atoms with E-state index in [0.29, 0.717) is 6.54 Å². The molecule has 7 nitrogen and oxygen atoms in total. The van der Waals surface area contributed by atoms with Gasteiger partial charge in [-0.3, -0.25) is 14.8 Å². The second-order valence-electron chi connectivity index (χ2n) is 7.45. The summed E-state index contributed by atoms with van der Waals surface area (Å²) in [6, 6.07) is 4.20. The molecule has 1 saturated heterocycles. The normalized spacial score (nSPS) is 24.1. The third kappa shape index (κ3) is 3.65. The Morgan fingerprint density at radius 1 is 1.19 bits per heavy atom. The third-order valence-electron chi connectivity index (χ3n) is 5.50. The monoisotopic (exact) mass is 356 g/mol. The number of hydrogen-bond donors (Lipinski definition) is 1. The summed E-state index contributed by atoms with van der Waals surface area (Å²) in [5, 5.41) is 19.3. The Bertz CT molecular complexity index is 718. The minimum atomic E-state index is -0.306. The van der Waals surface area contributed by atoms with Crippen molar-refractivity contribution in [3.8, 4) is 0 Å². The topological polar surface area (TPSA) is 70.3 Å². The van der Waals surface area contributed by atoms with Crippen LogP contribution in [0.2, 0.25) is 0 Å². The quantitative estimate of drug-likeness (QED) is 0.848. The fraction of sp³-hybridized carbons (Fsp3) is 0.632. The Morgan fingerprint density at radius 2 is 2.04 bits per heavy atom. The van der Waals surface area contributed by atoms with Crippen LogP contribution >= 0.6 is 0 Å². The van der Waals surface area contributed by atoms with E-state index in [9.17, 15) is 5.11 Å². The van der Waals surface area contributed by atoms with Crippen molar-refractivity contribution < 1.29 is 5.11 Å². The molecule has 0 saturated carbocycles. The molecule has 4 heterocycles. The van der Waals surface area contributed by atoms with Crippen LogP contribution in [-0.2, 0) is 19.6 Å². The first-order valence-electron chi connectivity index (χ1n) is 9.70. The molecule has 2 aromatic heterocycles. The molecule has 2 aliphatic heterocycles. The average molecular weight is 356 g/mol. The van der Waals surface area contributed by atoms with Crippen molar-refractivity contribution >= 4 is 0 Å². The Balaban J connectivity index is 1.51. The Labute approximate surface area is 154 Å². The molecule has 1 fully saturated rings. The van der Waals surface area contributed by atoms with Gasteiger partial charge in [-0.2, -0.15) is 0 Å². The molecule has 0 amide bonds. The van der Waals surface area contributed by atoms with Gasteiger partial charge >= 0.3 is 0 Å². The lowest BCUT2D eigenvalue weighted by atomic mass is 10.1. The van der Waals surface area contributed by atoms with Crippen LogP contribution in [0, 0.1) is 0 Å². The van der Waals surface area contributed by atoms with Gasteiger partial charge in [-0.15, -0.1) is 10.2 Å². The van der Waals surface area contributed by atoms with E-state index in [-0.39, 0.29) is 12.1 Å². The van der Waals surface area contributed by atoms with Crippen LogP contribution in [0.15, 0.2) is 24.5 Å². The molecule has 0 aliphatic carbocycles. The summed E-state index contributed by atoms with van der Waals surface area (Å²) >= 11 is 0. The number of unbranched alkanes of at least 4 members (excludes halogenated alkanes) is 1. The molecule has 2 aromatic rings. The summed E-state index contributed by atoms with van der Waals surface area (Å²) in [5.74, 6) is 2.08. The predicted molar refractivity (Wildman–Crippen MR) is 98.2 cm³/mol. The van der Waals surface area contributed by atoms with E-state index in [1.54, 1.807) is 0 Å². The van der Waals surface area contributed by atoms with Crippen LogP contribution in [0.25, 0.3) is 0 Å². The molecule has 2 atom stereocenters. The van der Waals surface area contributed by atoms with Crippen molar-refractivity contribution in [2.45, 2.75) is 58.0 Å². The van der Waals surface area contributed by atoms with Gasteiger partial charge < -0.3 is 9.67 Å². The van der Waals surface area contributed by atoms with Crippen molar-refractivity contribution in [1.82, 2.24) is 29.5 Å². The zero-order valence-corrected chi connectivity index (χ0v) is 15.5. The maximum absolute atomic E-state index is 10.3. The van der Waals surface area contributed by atoms with Crippen molar-refractivity contribution in [2.75, 3.05) is 19.6 Å². The van der Waals surface area contributed by atoms with Gasteiger partial charge in [0.2, 0.25) is 0 Å². The molecule has 0 bridgehead atoms. The van der Waals surface area contributed by atoms with Crippen molar-refractivity contribution in [2.24, 2.45) is 0 Å². The van der Waals surface area contributed by atoms with Gasteiger partial charge in [-0.1, -0.05) is 13.3 Å². The summed E-state index contributed by atoms with van der Waals surface area (Å²) in [5.41, 5.74) is 1.21. The van der Waals surface area contributed by atoms with Gasteiger partial charge in [0.25, 0.3) is 0 Å². The molecule has 0 aromatic carbocycles. The van der Waals surface area contributed by atoms with Crippen LogP contribution in [0.5, 0.6) is 0 Å². The van der Waals surface area contributed by atoms with Gasteiger partial charge in [0.05, 0.1) is 18.7 Å². The highest BCUT2D eigenvalue weighted by atomic mass is 16.3. The van der Waals surface area contributed by atoms with Crippen molar-refractivity contribution in [3.63, 3.8) is 0 Å². The van der Waals surface area contributed by atoms with Crippen LogP contribution in [-0.4, -0.2) is 60.4 Å². The number of fused-ring (bicyclic) bond motifs is 1. The van der Waals surface area contributed by atoms with Crippen LogP contribution in [0.3, 0.4) is 0 Å². The minimum absolute atomic E-state index is 0.126. The van der Waals surface area contributed by atoms with Gasteiger partial charge in [0.15, 0.2) is 5.82 Å². The Kier molecular flexibility index (Phi) is 5.28. The summed E-state index contributed by atoms with van der Waals surface area (Å²) in [7, 11) is 0. The number of likely N-dealkylation sites (tertiary alicyclic amines) is 1. The zero-order valence-electron chi connectivity index (χ0n) is 15.5. The van der Waals surface area contributed by atoms with E-state index in [2.05, 4.69) is 36.5 Å². The number of aliphatic hydroxyl groups is 1. The van der Waals surface area contributed by atoms with Crippen molar-refractivity contribution in [1.29, 1.82) is 0 Å². The molecule has 0 radical (unpaired) electrons.